The zero-order chi connectivity index (χ0) is 12.6. The Labute approximate surface area is 116 Å². The van der Waals surface area contributed by atoms with Gasteiger partial charge in [-0.05, 0) is 47.8 Å². The molecule has 0 aromatic carbocycles. The van der Waals surface area contributed by atoms with Crippen molar-refractivity contribution < 1.29 is 0 Å². The Kier molecular flexibility index (Phi) is 5.64. The van der Waals surface area contributed by atoms with Crippen LogP contribution in [0.5, 0.6) is 0 Å². The van der Waals surface area contributed by atoms with E-state index < -0.39 is 0 Å². The van der Waals surface area contributed by atoms with E-state index in [1.54, 1.807) is 23.1 Å². The molecule has 18 heavy (non-hydrogen) atoms. The first-order valence-electron chi connectivity index (χ1n) is 5.98. The second-order valence-corrected chi connectivity index (χ2v) is 5.87. The molecule has 0 saturated heterocycles. The smallest absolute Gasteiger partial charge is 0.187 e. The van der Waals surface area contributed by atoms with Crippen LogP contribution in [0, 0.1) is 6.92 Å². The summed E-state index contributed by atoms with van der Waals surface area (Å²) in [5.41, 5.74) is 2.52. The van der Waals surface area contributed by atoms with Crippen molar-refractivity contribution in [3.8, 4) is 0 Å². The van der Waals surface area contributed by atoms with Crippen LogP contribution in [0.1, 0.15) is 11.1 Å². The zero-order valence-corrected chi connectivity index (χ0v) is 12.1. The van der Waals surface area contributed by atoms with E-state index in [-0.39, 0.29) is 0 Å². The minimum absolute atomic E-state index is 0.861. The maximum Gasteiger partial charge on any atom is 0.187 e. The highest BCUT2D eigenvalue weighted by molar-refractivity contribution is 7.99. The molecule has 2 aromatic heterocycles. The number of rotatable bonds is 7. The fourth-order valence-electron chi connectivity index (χ4n) is 1.46. The highest BCUT2D eigenvalue weighted by Crippen LogP contribution is 2.10. The van der Waals surface area contributed by atoms with Crippen LogP contribution >= 0.6 is 23.1 Å². The number of hydrogen-bond acceptors (Lipinski definition) is 5. The molecule has 2 rings (SSSR count). The summed E-state index contributed by atoms with van der Waals surface area (Å²) >= 11 is 3.45. The van der Waals surface area contributed by atoms with Gasteiger partial charge in [-0.25, -0.2) is 9.97 Å². The summed E-state index contributed by atoms with van der Waals surface area (Å²) in [5, 5.41) is 8.62. The van der Waals surface area contributed by atoms with E-state index in [0.717, 1.165) is 36.0 Å². The van der Waals surface area contributed by atoms with E-state index in [4.69, 9.17) is 0 Å². The largest absolute Gasteiger partial charge is 0.316 e. The highest BCUT2D eigenvalue weighted by Gasteiger charge is 1.97. The Morgan fingerprint density at radius 2 is 2.11 bits per heavy atom. The van der Waals surface area contributed by atoms with Crippen molar-refractivity contribution in [1.82, 2.24) is 15.3 Å². The second-order valence-electron chi connectivity index (χ2n) is 4.02. The van der Waals surface area contributed by atoms with Crippen molar-refractivity contribution in [2.45, 2.75) is 18.5 Å². The van der Waals surface area contributed by atoms with Crippen LogP contribution in [0.2, 0.25) is 0 Å². The van der Waals surface area contributed by atoms with Gasteiger partial charge in [-0.3, -0.25) is 0 Å². The Morgan fingerprint density at radius 3 is 2.83 bits per heavy atom. The average molecular weight is 279 g/mol. The van der Waals surface area contributed by atoms with Crippen molar-refractivity contribution in [2.24, 2.45) is 0 Å². The maximum absolute atomic E-state index is 4.26. The maximum atomic E-state index is 4.26. The molecule has 0 unspecified atom stereocenters. The predicted octanol–water partition coefficient (Wildman–Crippen LogP) is 2.77. The number of thiophene rings is 1. The Balaban J connectivity index is 1.55. The summed E-state index contributed by atoms with van der Waals surface area (Å²) in [4.78, 5) is 8.52. The van der Waals surface area contributed by atoms with E-state index in [2.05, 4.69) is 32.1 Å². The first kappa shape index (κ1) is 13.5. The fraction of sp³-hybridized carbons (Fsp3) is 0.385. The van der Waals surface area contributed by atoms with Gasteiger partial charge in [0.15, 0.2) is 5.16 Å². The molecule has 0 aliphatic carbocycles. The minimum atomic E-state index is 0.861. The topological polar surface area (TPSA) is 37.8 Å². The molecule has 3 nitrogen and oxygen atoms in total. The van der Waals surface area contributed by atoms with E-state index in [0.29, 0.717) is 0 Å². The van der Waals surface area contributed by atoms with E-state index in [9.17, 15) is 0 Å². The molecule has 2 aromatic rings. The summed E-state index contributed by atoms with van der Waals surface area (Å²) in [7, 11) is 0. The quantitative estimate of drug-likeness (QED) is 0.480. The first-order chi connectivity index (χ1) is 8.84. The summed E-state index contributed by atoms with van der Waals surface area (Å²) < 4.78 is 0. The van der Waals surface area contributed by atoms with Gasteiger partial charge >= 0.3 is 0 Å². The Hall–Kier alpha value is -0.910. The number of aryl methyl sites for hydroxylation is 1. The zero-order valence-electron chi connectivity index (χ0n) is 10.4. The summed E-state index contributed by atoms with van der Waals surface area (Å²) in [6.45, 7) is 4.03. The van der Waals surface area contributed by atoms with Crippen molar-refractivity contribution in [2.75, 3.05) is 18.8 Å². The molecule has 0 amide bonds. The fourth-order valence-corrected chi connectivity index (χ4v) is 2.85. The standard InChI is InChI=1S/C13H17N3S2/c1-11-8-15-13(16-9-11)18-7-5-14-4-2-12-3-6-17-10-12/h3,6,8-10,14H,2,4-5,7H2,1H3. The monoisotopic (exact) mass is 279 g/mol. The highest BCUT2D eigenvalue weighted by atomic mass is 32.2. The number of aromatic nitrogens is 2. The van der Waals surface area contributed by atoms with E-state index >= 15 is 0 Å². The molecule has 96 valence electrons. The lowest BCUT2D eigenvalue weighted by Gasteiger charge is -2.03. The number of nitrogens with one attached hydrogen (secondary N) is 1. The minimum Gasteiger partial charge on any atom is -0.316 e. The molecule has 0 aliphatic heterocycles. The molecular formula is C13H17N3S2. The van der Waals surface area contributed by atoms with Crippen molar-refractivity contribution >= 4 is 23.1 Å². The third-order valence-electron chi connectivity index (χ3n) is 2.44. The van der Waals surface area contributed by atoms with Gasteiger partial charge in [0.25, 0.3) is 0 Å². The van der Waals surface area contributed by atoms with Gasteiger partial charge in [0.1, 0.15) is 0 Å². The van der Waals surface area contributed by atoms with Crippen molar-refractivity contribution in [3.05, 3.63) is 40.3 Å². The molecule has 0 bridgehead atoms. The lowest BCUT2D eigenvalue weighted by molar-refractivity contribution is 0.721. The molecule has 0 radical (unpaired) electrons. The van der Waals surface area contributed by atoms with Gasteiger partial charge < -0.3 is 5.32 Å². The van der Waals surface area contributed by atoms with Crippen LogP contribution in [-0.2, 0) is 6.42 Å². The Bertz CT molecular complexity index is 440. The van der Waals surface area contributed by atoms with Crippen LogP contribution in [0.3, 0.4) is 0 Å². The van der Waals surface area contributed by atoms with Crippen LogP contribution in [0.4, 0.5) is 0 Å². The summed E-state index contributed by atoms with van der Waals surface area (Å²) in [6.07, 6.45) is 4.83. The van der Waals surface area contributed by atoms with Crippen LogP contribution < -0.4 is 5.32 Å². The van der Waals surface area contributed by atoms with E-state index in [1.165, 1.54) is 5.56 Å². The summed E-state index contributed by atoms with van der Waals surface area (Å²) in [6, 6.07) is 2.18. The number of nitrogens with zero attached hydrogens (tertiary/aromatic N) is 2. The predicted molar refractivity (Wildman–Crippen MR) is 78.4 cm³/mol. The molecule has 0 atom stereocenters. The Morgan fingerprint density at radius 1 is 1.28 bits per heavy atom. The SMILES string of the molecule is Cc1cnc(SCCNCCc2ccsc2)nc1. The molecule has 0 saturated carbocycles. The first-order valence-corrected chi connectivity index (χ1v) is 7.90. The molecule has 2 heterocycles. The van der Waals surface area contributed by atoms with Gasteiger partial charge in [-0.15, -0.1) is 0 Å². The molecule has 1 N–H and O–H groups in total. The molecule has 0 aliphatic rings. The van der Waals surface area contributed by atoms with Crippen molar-refractivity contribution in [1.29, 1.82) is 0 Å². The van der Waals surface area contributed by atoms with Crippen LogP contribution in [0.15, 0.2) is 34.4 Å². The van der Waals surface area contributed by atoms with Gasteiger partial charge in [0.2, 0.25) is 0 Å². The molecule has 0 spiro atoms. The third kappa shape index (κ3) is 4.76. The van der Waals surface area contributed by atoms with Crippen LogP contribution in [0.25, 0.3) is 0 Å². The van der Waals surface area contributed by atoms with Gasteiger partial charge in [-0.2, -0.15) is 11.3 Å². The normalized spacial score (nSPS) is 10.7. The molecule has 5 heteroatoms. The summed E-state index contributed by atoms with van der Waals surface area (Å²) in [5.74, 6) is 1.01. The number of thioether (sulfide) groups is 1. The molecular weight excluding hydrogens is 262 g/mol. The van der Waals surface area contributed by atoms with Crippen LogP contribution in [-0.4, -0.2) is 28.8 Å². The lowest BCUT2D eigenvalue weighted by atomic mass is 10.2. The second kappa shape index (κ2) is 7.51. The average Bonchev–Trinajstić information content (AvgIpc) is 2.89. The van der Waals surface area contributed by atoms with Gasteiger partial charge in [0.05, 0.1) is 0 Å². The molecule has 0 fully saturated rings. The lowest BCUT2D eigenvalue weighted by Crippen LogP contribution is -2.20. The van der Waals surface area contributed by atoms with Gasteiger partial charge in [-0.1, -0.05) is 11.8 Å². The van der Waals surface area contributed by atoms with E-state index in [1.807, 2.05) is 19.3 Å². The number of hydrogen-bond donors (Lipinski definition) is 1. The van der Waals surface area contributed by atoms with Crippen molar-refractivity contribution in [3.63, 3.8) is 0 Å². The van der Waals surface area contributed by atoms with Gasteiger partial charge in [0, 0.05) is 24.7 Å². The third-order valence-corrected chi connectivity index (χ3v) is 4.05.